The summed E-state index contributed by atoms with van der Waals surface area (Å²) in [4.78, 5) is 4.41. The van der Waals surface area contributed by atoms with Gasteiger partial charge < -0.3 is 9.73 Å². The molecule has 0 atom stereocenters. The molecule has 86 valence electrons. The van der Waals surface area contributed by atoms with Gasteiger partial charge in [-0.25, -0.2) is 9.50 Å². The standard InChI is InChI=1S/C12H12N4O/c1-2-10(17-9-1)3-6-13-11-5-8-16-12(15-11)4-7-14-16/h1-2,4-5,7-9H,3,6H2,(H,13,15). The first-order chi connectivity index (χ1) is 8.42. The van der Waals surface area contributed by atoms with Crippen LogP contribution in [0.1, 0.15) is 5.76 Å². The second-order valence-electron chi connectivity index (χ2n) is 3.70. The molecule has 0 aliphatic rings. The van der Waals surface area contributed by atoms with Crippen molar-refractivity contribution in [1.29, 1.82) is 0 Å². The van der Waals surface area contributed by atoms with Crippen molar-refractivity contribution in [1.82, 2.24) is 14.6 Å². The Bertz CT molecular complexity index is 600. The third kappa shape index (κ3) is 2.13. The maximum Gasteiger partial charge on any atom is 0.157 e. The maximum absolute atomic E-state index is 5.25. The number of rotatable bonds is 4. The number of nitrogens with zero attached hydrogens (tertiary/aromatic N) is 3. The van der Waals surface area contributed by atoms with Gasteiger partial charge in [-0.2, -0.15) is 5.10 Å². The summed E-state index contributed by atoms with van der Waals surface area (Å²) < 4.78 is 6.99. The summed E-state index contributed by atoms with van der Waals surface area (Å²) in [5.41, 5.74) is 0.841. The molecule has 0 amide bonds. The SMILES string of the molecule is c1coc(CCNc2ccn3nccc3n2)c1. The Kier molecular flexibility index (Phi) is 2.50. The normalized spacial score (nSPS) is 10.8. The van der Waals surface area contributed by atoms with Crippen molar-refractivity contribution in [3.05, 3.63) is 48.7 Å². The zero-order valence-electron chi connectivity index (χ0n) is 9.21. The van der Waals surface area contributed by atoms with Gasteiger partial charge in [0.25, 0.3) is 0 Å². The molecule has 0 saturated heterocycles. The van der Waals surface area contributed by atoms with Crippen molar-refractivity contribution in [2.45, 2.75) is 6.42 Å². The van der Waals surface area contributed by atoms with Crippen molar-refractivity contribution >= 4 is 11.5 Å². The third-order valence-corrected chi connectivity index (χ3v) is 2.52. The molecule has 3 aromatic rings. The molecular weight excluding hydrogens is 216 g/mol. The zero-order chi connectivity index (χ0) is 11.5. The molecule has 0 aromatic carbocycles. The topological polar surface area (TPSA) is 55.4 Å². The lowest BCUT2D eigenvalue weighted by molar-refractivity contribution is 0.513. The quantitative estimate of drug-likeness (QED) is 0.741. The molecule has 0 aliphatic carbocycles. The molecule has 0 radical (unpaired) electrons. The van der Waals surface area contributed by atoms with Crippen LogP contribution in [0.15, 0.2) is 47.3 Å². The van der Waals surface area contributed by atoms with E-state index in [0.29, 0.717) is 0 Å². The Morgan fingerprint density at radius 2 is 2.29 bits per heavy atom. The van der Waals surface area contributed by atoms with Gasteiger partial charge in [-0.05, 0) is 18.2 Å². The van der Waals surface area contributed by atoms with Crippen LogP contribution in [0.3, 0.4) is 0 Å². The predicted octanol–water partition coefficient (Wildman–Crippen LogP) is 1.98. The van der Waals surface area contributed by atoms with E-state index < -0.39 is 0 Å². The van der Waals surface area contributed by atoms with Crippen LogP contribution in [-0.4, -0.2) is 21.1 Å². The lowest BCUT2D eigenvalue weighted by Gasteiger charge is -2.04. The Balaban J connectivity index is 1.64. The average molecular weight is 228 g/mol. The Labute approximate surface area is 98.1 Å². The van der Waals surface area contributed by atoms with Crippen molar-refractivity contribution in [3.63, 3.8) is 0 Å². The van der Waals surface area contributed by atoms with Crippen LogP contribution >= 0.6 is 0 Å². The highest BCUT2D eigenvalue weighted by Gasteiger charge is 1.99. The second kappa shape index (κ2) is 4.29. The number of anilines is 1. The van der Waals surface area contributed by atoms with E-state index in [4.69, 9.17) is 4.42 Å². The minimum absolute atomic E-state index is 0.796. The first-order valence-corrected chi connectivity index (χ1v) is 5.48. The van der Waals surface area contributed by atoms with E-state index in [1.54, 1.807) is 17.0 Å². The van der Waals surface area contributed by atoms with Crippen LogP contribution in [0.5, 0.6) is 0 Å². The van der Waals surface area contributed by atoms with E-state index >= 15 is 0 Å². The number of aromatic nitrogens is 3. The monoisotopic (exact) mass is 228 g/mol. The molecule has 1 N–H and O–H groups in total. The summed E-state index contributed by atoms with van der Waals surface area (Å²) >= 11 is 0. The van der Waals surface area contributed by atoms with Gasteiger partial charge in [0.15, 0.2) is 5.65 Å². The molecule has 0 unspecified atom stereocenters. The number of fused-ring (bicyclic) bond motifs is 1. The van der Waals surface area contributed by atoms with E-state index in [-0.39, 0.29) is 0 Å². The van der Waals surface area contributed by atoms with Crippen molar-refractivity contribution in [2.24, 2.45) is 0 Å². The van der Waals surface area contributed by atoms with Crippen LogP contribution in [0.2, 0.25) is 0 Å². The Hall–Kier alpha value is -2.30. The molecule has 17 heavy (non-hydrogen) atoms. The Morgan fingerprint density at radius 1 is 1.29 bits per heavy atom. The number of hydrogen-bond donors (Lipinski definition) is 1. The summed E-state index contributed by atoms with van der Waals surface area (Å²) in [5, 5.41) is 7.34. The van der Waals surface area contributed by atoms with Gasteiger partial charge in [0.2, 0.25) is 0 Å². The van der Waals surface area contributed by atoms with E-state index in [9.17, 15) is 0 Å². The fourth-order valence-electron chi connectivity index (χ4n) is 1.68. The summed E-state index contributed by atoms with van der Waals surface area (Å²) in [5.74, 6) is 1.83. The minimum atomic E-state index is 0.796. The smallest absolute Gasteiger partial charge is 0.157 e. The number of furan rings is 1. The first-order valence-electron chi connectivity index (χ1n) is 5.48. The van der Waals surface area contributed by atoms with Crippen molar-refractivity contribution < 1.29 is 4.42 Å². The lowest BCUT2D eigenvalue weighted by atomic mass is 10.3. The van der Waals surface area contributed by atoms with E-state index in [1.165, 1.54) is 0 Å². The zero-order valence-corrected chi connectivity index (χ0v) is 9.21. The molecule has 5 nitrogen and oxygen atoms in total. The van der Waals surface area contributed by atoms with E-state index in [0.717, 1.165) is 30.2 Å². The van der Waals surface area contributed by atoms with E-state index in [1.807, 2.05) is 30.5 Å². The van der Waals surface area contributed by atoms with Gasteiger partial charge in [-0.3, -0.25) is 0 Å². The fourth-order valence-corrected chi connectivity index (χ4v) is 1.68. The van der Waals surface area contributed by atoms with Crippen LogP contribution in [0.25, 0.3) is 5.65 Å². The van der Waals surface area contributed by atoms with Gasteiger partial charge in [0, 0.05) is 25.2 Å². The van der Waals surface area contributed by atoms with Gasteiger partial charge >= 0.3 is 0 Å². The van der Waals surface area contributed by atoms with Gasteiger partial charge in [-0.1, -0.05) is 0 Å². The predicted molar refractivity (Wildman–Crippen MR) is 63.9 cm³/mol. The number of hydrogen-bond acceptors (Lipinski definition) is 4. The summed E-state index contributed by atoms with van der Waals surface area (Å²) in [6.45, 7) is 0.796. The molecule has 0 aliphatic heterocycles. The summed E-state index contributed by atoms with van der Waals surface area (Å²) in [7, 11) is 0. The molecule has 0 bridgehead atoms. The lowest BCUT2D eigenvalue weighted by Crippen LogP contribution is -2.06. The molecule has 0 saturated carbocycles. The highest BCUT2D eigenvalue weighted by atomic mass is 16.3. The van der Waals surface area contributed by atoms with Crippen molar-refractivity contribution in [3.8, 4) is 0 Å². The van der Waals surface area contributed by atoms with Crippen LogP contribution < -0.4 is 5.32 Å². The molecule has 3 aromatic heterocycles. The molecular formula is C12H12N4O. The third-order valence-electron chi connectivity index (χ3n) is 2.52. The van der Waals surface area contributed by atoms with Gasteiger partial charge in [0.05, 0.1) is 12.5 Å². The molecule has 5 heteroatoms. The number of nitrogens with one attached hydrogen (secondary N) is 1. The van der Waals surface area contributed by atoms with Crippen LogP contribution in [0, 0.1) is 0 Å². The maximum atomic E-state index is 5.25. The molecule has 3 heterocycles. The largest absolute Gasteiger partial charge is 0.469 e. The van der Waals surface area contributed by atoms with Gasteiger partial charge in [-0.15, -0.1) is 0 Å². The molecule has 0 fully saturated rings. The molecule has 0 spiro atoms. The van der Waals surface area contributed by atoms with Gasteiger partial charge in [0.1, 0.15) is 11.6 Å². The summed E-state index contributed by atoms with van der Waals surface area (Å²) in [6, 6.07) is 7.64. The van der Waals surface area contributed by atoms with Crippen LogP contribution in [0.4, 0.5) is 5.82 Å². The van der Waals surface area contributed by atoms with Crippen LogP contribution in [-0.2, 0) is 6.42 Å². The first kappa shape index (κ1) is 9.89. The Morgan fingerprint density at radius 3 is 3.18 bits per heavy atom. The second-order valence-corrected chi connectivity index (χ2v) is 3.70. The highest BCUT2D eigenvalue weighted by Crippen LogP contribution is 2.06. The highest BCUT2D eigenvalue weighted by molar-refractivity contribution is 5.45. The molecule has 3 rings (SSSR count). The van der Waals surface area contributed by atoms with Crippen molar-refractivity contribution in [2.75, 3.05) is 11.9 Å². The summed E-state index contributed by atoms with van der Waals surface area (Å²) in [6.07, 6.45) is 6.15. The average Bonchev–Trinajstić information content (AvgIpc) is 2.98. The van der Waals surface area contributed by atoms with E-state index in [2.05, 4.69) is 15.4 Å². The minimum Gasteiger partial charge on any atom is -0.469 e. The fraction of sp³-hybridized carbons (Fsp3) is 0.167.